The Morgan fingerprint density at radius 1 is 1.33 bits per heavy atom. The Bertz CT molecular complexity index is 771. The first-order valence-electron chi connectivity index (χ1n) is 8.66. The van der Waals surface area contributed by atoms with E-state index in [4.69, 9.17) is 9.47 Å². The summed E-state index contributed by atoms with van der Waals surface area (Å²) in [6.45, 7) is 2.65. The number of nitro benzene ring substituents is 1. The Hall–Kier alpha value is -2.00. The molecular formula is C19H21BrN2O5. The number of nitro groups is 1. The van der Waals surface area contributed by atoms with Crippen LogP contribution in [-0.4, -0.2) is 53.9 Å². The largest absolute Gasteiger partial charge is 0.491 e. The van der Waals surface area contributed by atoms with Gasteiger partial charge in [-0.25, -0.2) is 0 Å². The summed E-state index contributed by atoms with van der Waals surface area (Å²) >= 11 is 3.48. The average Bonchev–Trinajstić information content (AvgIpc) is 2.67. The molecule has 2 atom stereocenters. The molecule has 2 unspecified atom stereocenters. The van der Waals surface area contributed by atoms with Crippen molar-refractivity contribution in [2.45, 2.75) is 12.2 Å². The fourth-order valence-corrected chi connectivity index (χ4v) is 3.40. The maximum atomic E-state index is 10.7. The van der Waals surface area contributed by atoms with Crippen molar-refractivity contribution in [3.63, 3.8) is 0 Å². The molecule has 1 N–H and O–H groups in total. The van der Waals surface area contributed by atoms with Crippen LogP contribution in [0.4, 0.5) is 5.69 Å². The Kier molecular flexibility index (Phi) is 6.78. The van der Waals surface area contributed by atoms with Crippen LogP contribution in [-0.2, 0) is 4.74 Å². The minimum Gasteiger partial charge on any atom is -0.491 e. The van der Waals surface area contributed by atoms with Gasteiger partial charge in [0.2, 0.25) is 0 Å². The summed E-state index contributed by atoms with van der Waals surface area (Å²) in [6, 6.07) is 13.9. The first-order chi connectivity index (χ1) is 13.0. The molecule has 0 amide bonds. The van der Waals surface area contributed by atoms with Crippen LogP contribution in [0.15, 0.2) is 53.0 Å². The van der Waals surface area contributed by atoms with Gasteiger partial charge >= 0.3 is 0 Å². The summed E-state index contributed by atoms with van der Waals surface area (Å²) in [5.41, 5.74) is 1.11. The predicted octanol–water partition coefficient (Wildman–Crippen LogP) is 3.17. The van der Waals surface area contributed by atoms with Crippen LogP contribution in [0.2, 0.25) is 0 Å². The third-order valence-electron chi connectivity index (χ3n) is 4.33. The predicted molar refractivity (Wildman–Crippen MR) is 104 cm³/mol. The van der Waals surface area contributed by atoms with E-state index in [9.17, 15) is 15.2 Å². The first kappa shape index (κ1) is 19.8. The van der Waals surface area contributed by atoms with E-state index in [2.05, 4.69) is 20.8 Å². The molecule has 7 nitrogen and oxygen atoms in total. The van der Waals surface area contributed by atoms with Crippen LogP contribution in [0, 0.1) is 10.1 Å². The van der Waals surface area contributed by atoms with Crippen LogP contribution in [0.3, 0.4) is 0 Å². The zero-order valence-corrected chi connectivity index (χ0v) is 16.2. The number of β-amino-alcohol motifs (C(OH)–C–C–N with tert-alkyl or cyclic N) is 1. The molecule has 0 bridgehead atoms. The minimum atomic E-state index is -0.665. The Labute approximate surface area is 165 Å². The van der Waals surface area contributed by atoms with Gasteiger partial charge in [0.25, 0.3) is 5.69 Å². The van der Waals surface area contributed by atoms with Gasteiger partial charge in [0.05, 0.1) is 17.6 Å². The first-order valence-corrected chi connectivity index (χ1v) is 9.45. The second-order valence-electron chi connectivity index (χ2n) is 6.39. The maximum absolute atomic E-state index is 10.7. The molecular weight excluding hydrogens is 416 g/mol. The van der Waals surface area contributed by atoms with E-state index in [1.165, 1.54) is 24.3 Å². The summed E-state index contributed by atoms with van der Waals surface area (Å²) in [4.78, 5) is 12.3. The lowest BCUT2D eigenvalue weighted by Crippen LogP contribution is -2.43. The summed E-state index contributed by atoms with van der Waals surface area (Å²) in [7, 11) is 0. The molecule has 1 saturated heterocycles. The highest BCUT2D eigenvalue weighted by molar-refractivity contribution is 9.10. The van der Waals surface area contributed by atoms with Gasteiger partial charge < -0.3 is 14.6 Å². The number of aliphatic hydroxyl groups is 1. The monoisotopic (exact) mass is 436 g/mol. The molecule has 2 aromatic carbocycles. The molecule has 1 aliphatic heterocycles. The third-order valence-corrected chi connectivity index (χ3v) is 4.82. The average molecular weight is 437 g/mol. The Morgan fingerprint density at radius 3 is 2.81 bits per heavy atom. The smallest absolute Gasteiger partial charge is 0.269 e. The molecule has 0 aliphatic carbocycles. The number of aliphatic hydroxyl groups excluding tert-OH is 1. The van der Waals surface area contributed by atoms with Crippen molar-refractivity contribution in [1.82, 2.24) is 4.90 Å². The molecule has 1 aliphatic rings. The van der Waals surface area contributed by atoms with E-state index in [0.29, 0.717) is 25.4 Å². The van der Waals surface area contributed by atoms with Gasteiger partial charge in [-0.1, -0.05) is 28.1 Å². The molecule has 0 saturated carbocycles. The second kappa shape index (κ2) is 9.27. The molecule has 0 spiro atoms. The lowest BCUT2D eigenvalue weighted by atomic mass is 10.1. The zero-order chi connectivity index (χ0) is 19.2. The van der Waals surface area contributed by atoms with E-state index in [0.717, 1.165) is 16.6 Å². The van der Waals surface area contributed by atoms with Gasteiger partial charge in [-0.3, -0.25) is 15.0 Å². The van der Waals surface area contributed by atoms with E-state index in [1.807, 2.05) is 24.3 Å². The van der Waals surface area contributed by atoms with Crippen LogP contribution >= 0.6 is 15.9 Å². The van der Waals surface area contributed by atoms with Crippen molar-refractivity contribution in [1.29, 1.82) is 0 Å². The van der Waals surface area contributed by atoms with E-state index >= 15 is 0 Å². The molecule has 0 radical (unpaired) electrons. The number of benzene rings is 2. The normalized spacial score (nSPS) is 18.8. The van der Waals surface area contributed by atoms with E-state index < -0.39 is 11.0 Å². The zero-order valence-electron chi connectivity index (χ0n) is 14.7. The number of morpholine rings is 1. The quantitative estimate of drug-likeness (QED) is 0.529. The van der Waals surface area contributed by atoms with Crippen molar-refractivity contribution < 1.29 is 19.5 Å². The third kappa shape index (κ3) is 5.74. The van der Waals surface area contributed by atoms with Crippen molar-refractivity contribution in [2.75, 3.05) is 32.8 Å². The van der Waals surface area contributed by atoms with Gasteiger partial charge in [-0.05, 0) is 29.8 Å². The highest BCUT2D eigenvalue weighted by Crippen LogP contribution is 2.25. The number of halogens is 1. The van der Waals surface area contributed by atoms with Crippen molar-refractivity contribution >= 4 is 21.6 Å². The lowest BCUT2D eigenvalue weighted by Gasteiger charge is -2.34. The van der Waals surface area contributed by atoms with Gasteiger partial charge in [0.15, 0.2) is 0 Å². The van der Waals surface area contributed by atoms with Crippen molar-refractivity contribution in [3.8, 4) is 5.75 Å². The van der Waals surface area contributed by atoms with Crippen LogP contribution < -0.4 is 4.74 Å². The van der Waals surface area contributed by atoms with Gasteiger partial charge in [0.1, 0.15) is 18.5 Å². The summed E-state index contributed by atoms with van der Waals surface area (Å²) in [6.07, 6.45) is -0.694. The topological polar surface area (TPSA) is 85.1 Å². The number of nitrogens with zero attached hydrogens (tertiary/aromatic N) is 2. The number of hydrogen-bond acceptors (Lipinski definition) is 6. The van der Waals surface area contributed by atoms with Crippen molar-refractivity contribution in [3.05, 3.63) is 68.7 Å². The van der Waals surface area contributed by atoms with E-state index in [-0.39, 0.29) is 18.4 Å². The fourth-order valence-electron chi connectivity index (χ4n) is 2.98. The van der Waals surface area contributed by atoms with Crippen LogP contribution in [0.25, 0.3) is 0 Å². The number of non-ortho nitro benzene ring substituents is 1. The molecule has 27 heavy (non-hydrogen) atoms. The van der Waals surface area contributed by atoms with Crippen LogP contribution in [0.1, 0.15) is 11.7 Å². The van der Waals surface area contributed by atoms with Crippen LogP contribution in [0.5, 0.6) is 5.75 Å². The molecule has 1 heterocycles. The van der Waals surface area contributed by atoms with Gasteiger partial charge in [0, 0.05) is 36.2 Å². The standard InChI is InChI=1S/C19H21BrN2O5/c20-15-3-1-2-14(10-15)19-12-21(8-9-26-19)11-17(23)13-27-18-6-4-16(5-7-18)22(24)25/h1-7,10,17,19,23H,8-9,11-13H2. The summed E-state index contributed by atoms with van der Waals surface area (Å²) in [5, 5.41) is 20.9. The number of ether oxygens (including phenoxy) is 2. The molecule has 3 rings (SSSR count). The number of rotatable bonds is 7. The molecule has 144 valence electrons. The highest BCUT2D eigenvalue weighted by atomic mass is 79.9. The van der Waals surface area contributed by atoms with Gasteiger partial charge in [-0.2, -0.15) is 0 Å². The summed E-state index contributed by atoms with van der Waals surface area (Å²) < 4.78 is 12.4. The second-order valence-corrected chi connectivity index (χ2v) is 7.31. The molecule has 0 aromatic heterocycles. The fraction of sp³-hybridized carbons (Fsp3) is 0.368. The van der Waals surface area contributed by atoms with Gasteiger partial charge in [-0.15, -0.1) is 0 Å². The SMILES string of the molecule is O=[N+]([O-])c1ccc(OCC(O)CN2CCOC(c3cccc(Br)c3)C2)cc1. The van der Waals surface area contributed by atoms with E-state index in [1.54, 1.807) is 0 Å². The molecule has 1 fully saturated rings. The Balaban J connectivity index is 1.48. The number of hydrogen-bond donors (Lipinski definition) is 1. The summed E-state index contributed by atoms with van der Waals surface area (Å²) in [5.74, 6) is 0.494. The maximum Gasteiger partial charge on any atom is 0.269 e. The molecule has 8 heteroatoms. The highest BCUT2D eigenvalue weighted by Gasteiger charge is 2.24. The van der Waals surface area contributed by atoms with Crippen molar-refractivity contribution in [2.24, 2.45) is 0 Å². The minimum absolute atomic E-state index is 0.00908. The molecule has 2 aromatic rings. The lowest BCUT2D eigenvalue weighted by molar-refractivity contribution is -0.384. The Morgan fingerprint density at radius 2 is 2.11 bits per heavy atom.